The van der Waals surface area contributed by atoms with Crippen molar-refractivity contribution in [2.24, 2.45) is 0 Å². The number of likely N-dealkylation sites (tertiary alicyclic amines) is 1. The minimum atomic E-state index is 0.387. The number of thiophene rings is 1. The van der Waals surface area contributed by atoms with Crippen molar-refractivity contribution in [2.75, 3.05) is 32.1 Å². The second kappa shape index (κ2) is 8.46. The molecule has 1 aromatic carbocycles. The number of ether oxygens (including phenoxy) is 1. The molecule has 2 heterocycles. The van der Waals surface area contributed by atoms with E-state index in [-0.39, 0.29) is 0 Å². The van der Waals surface area contributed by atoms with E-state index >= 15 is 0 Å². The summed E-state index contributed by atoms with van der Waals surface area (Å²) in [5.41, 5.74) is 0.931. The highest BCUT2D eigenvalue weighted by molar-refractivity contribution is 7.80. The van der Waals surface area contributed by atoms with Gasteiger partial charge in [0.2, 0.25) is 0 Å². The molecule has 0 amide bonds. The first-order chi connectivity index (χ1) is 11.8. The molecule has 4 nitrogen and oxygen atoms in total. The molecule has 6 heteroatoms. The maximum Gasteiger partial charge on any atom is 0.170 e. The summed E-state index contributed by atoms with van der Waals surface area (Å²) in [6.07, 6.45) is 2.57. The maximum atomic E-state index is 5.46. The second-order valence-corrected chi connectivity index (χ2v) is 7.23. The van der Waals surface area contributed by atoms with Crippen LogP contribution in [0.3, 0.4) is 0 Å². The van der Waals surface area contributed by atoms with Gasteiger partial charge in [0.1, 0.15) is 5.75 Å². The fourth-order valence-electron chi connectivity index (χ4n) is 3.01. The highest BCUT2D eigenvalue weighted by Crippen LogP contribution is 2.27. The Balaban J connectivity index is 1.58. The molecule has 2 aromatic rings. The number of rotatable bonds is 6. The molecule has 0 unspecified atom stereocenters. The number of benzene rings is 1. The summed E-state index contributed by atoms with van der Waals surface area (Å²) in [7, 11) is 1.66. The van der Waals surface area contributed by atoms with Gasteiger partial charge < -0.3 is 15.4 Å². The summed E-state index contributed by atoms with van der Waals surface area (Å²) in [6, 6.07) is 12.5. The van der Waals surface area contributed by atoms with Gasteiger partial charge in [0.15, 0.2) is 5.11 Å². The van der Waals surface area contributed by atoms with Crippen LogP contribution in [0.5, 0.6) is 5.75 Å². The lowest BCUT2D eigenvalue weighted by Gasteiger charge is -2.27. The van der Waals surface area contributed by atoms with Crippen LogP contribution in [-0.4, -0.2) is 36.8 Å². The van der Waals surface area contributed by atoms with Crippen molar-refractivity contribution in [1.82, 2.24) is 10.2 Å². The molecule has 1 aliphatic heterocycles. The number of hydrogen-bond acceptors (Lipinski definition) is 4. The van der Waals surface area contributed by atoms with E-state index in [1.807, 2.05) is 35.6 Å². The topological polar surface area (TPSA) is 36.5 Å². The lowest BCUT2D eigenvalue weighted by Crippen LogP contribution is -2.38. The van der Waals surface area contributed by atoms with E-state index in [9.17, 15) is 0 Å². The molecule has 1 aromatic heterocycles. The molecule has 1 fully saturated rings. The molecule has 1 atom stereocenters. The van der Waals surface area contributed by atoms with Crippen molar-refractivity contribution in [3.8, 4) is 5.75 Å². The van der Waals surface area contributed by atoms with Crippen molar-refractivity contribution < 1.29 is 4.74 Å². The van der Waals surface area contributed by atoms with Crippen LogP contribution in [-0.2, 0) is 0 Å². The molecule has 1 saturated heterocycles. The van der Waals surface area contributed by atoms with Crippen molar-refractivity contribution in [1.29, 1.82) is 0 Å². The van der Waals surface area contributed by atoms with Crippen LogP contribution in [0, 0.1) is 0 Å². The third kappa shape index (κ3) is 4.47. The summed E-state index contributed by atoms with van der Waals surface area (Å²) < 4.78 is 5.24. The number of nitrogens with zero attached hydrogens (tertiary/aromatic N) is 1. The van der Waals surface area contributed by atoms with E-state index in [0.717, 1.165) is 18.0 Å². The largest absolute Gasteiger partial charge is 0.497 e. The van der Waals surface area contributed by atoms with E-state index < -0.39 is 0 Å². The quantitative estimate of drug-likeness (QED) is 0.764. The molecule has 3 rings (SSSR count). The van der Waals surface area contributed by atoms with Crippen LogP contribution in [0.4, 0.5) is 5.69 Å². The van der Waals surface area contributed by atoms with E-state index in [2.05, 4.69) is 33.0 Å². The van der Waals surface area contributed by atoms with Crippen LogP contribution >= 0.6 is 23.6 Å². The van der Waals surface area contributed by atoms with Crippen LogP contribution in [0.15, 0.2) is 41.8 Å². The second-order valence-electron chi connectivity index (χ2n) is 5.84. The van der Waals surface area contributed by atoms with Crippen molar-refractivity contribution in [3.05, 3.63) is 46.7 Å². The average Bonchev–Trinajstić information content (AvgIpc) is 3.29. The number of nitrogens with one attached hydrogen (secondary N) is 2. The zero-order chi connectivity index (χ0) is 16.8. The molecule has 24 heavy (non-hydrogen) atoms. The van der Waals surface area contributed by atoms with Crippen molar-refractivity contribution in [3.63, 3.8) is 0 Å². The van der Waals surface area contributed by atoms with E-state index in [4.69, 9.17) is 17.0 Å². The predicted molar refractivity (Wildman–Crippen MR) is 105 cm³/mol. The summed E-state index contributed by atoms with van der Waals surface area (Å²) in [5.74, 6) is 0.816. The Morgan fingerprint density at radius 1 is 1.29 bits per heavy atom. The molecule has 2 N–H and O–H groups in total. The summed E-state index contributed by atoms with van der Waals surface area (Å²) in [4.78, 5) is 3.95. The van der Waals surface area contributed by atoms with Gasteiger partial charge in [0, 0.05) is 23.2 Å². The molecule has 1 aliphatic rings. The van der Waals surface area contributed by atoms with Gasteiger partial charge in [-0.1, -0.05) is 12.1 Å². The van der Waals surface area contributed by atoms with Gasteiger partial charge in [0.25, 0.3) is 0 Å². The zero-order valence-electron chi connectivity index (χ0n) is 13.8. The van der Waals surface area contributed by atoms with Crippen LogP contribution in [0.2, 0.25) is 0 Å². The Bertz CT molecular complexity index is 654. The normalized spacial score (nSPS) is 15.9. The molecular formula is C18H23N3OS2. The molecule has 0 aliphatic carbocycles. The number of methoxy groups -OCH3 is 1. The Labute approximate surface area is 152 Å². The monoisotopic (exact) mass is 361 g/mol. The van der Waals surface area contributed by atoms with Crippen LogP contribution in [0.25, 0.3) is 0 Å². The fraction of sp³-hybridized carbons (Fsp3) is 0.389. The Hall–Kier alpha value is -1.63. The SMILES string of the molecule is COc1cccc(NC(=S)NC[C@@H](c2cccs2)N2CCCC2)c1. The molecule has 0 bridgehead atoms. The van der Waals surface area contributed by atoms with E-state index in [1.165, 1.54) is 30.8 Å². The zero-order valence-corrected chi connectivity index (χ0v) is 15.5. The minimum absolute atomic E-state index is 0.387. The fourth-order valence-corrected chi connectivity index (χ4v) is 4.07. The maximum absolute atomic E-state index is 5.46. The highest BCUT2D eigenvalue weighted by Gasteiger charge is 2.24. The Morgan fingerprint density at radius 2 is 2.12 bits per heavy atom. The molecule has 0 radical (unpaired) electrons. The van der Waals surface area contributed by atoms with Crippen LogP contribution < -0.4 is 15.4 Å². The average molecular weight is 362 g/mol. The van der Waals surface area contributed by atoms with E-state index in [0.29, 0.717) is 11.2 Å². The van der Waals surface area contributed by atoms with Crippen molar-refractivity contribution >= 4 is 34.4 Å². The van der Waals surface area contributed by atoms with E-state index in [1.54, 1.807) is 7.11 Å². The smallest absolute Gasteiger partial charge is 0.170 e. The first kappa shape index (κ1) is 17.2. The first-order valence-electron chi connectivity index (χ1n) is 8.22. The van der Waals surface area contributed by atoms with Gasteiger partial charge in [-0.25, -0.2) is 0 Å². The number of anilines is 1. The van der Waals surface area contributed by atoms with Gasteiger partial charge in [-0.3, -0.25) is 4.90 Å². The third-order valence-electron chi connectivity index (χ3n) is 4.24. The third-order valence-corrected chi connectivity index (χ3v) is 5.46. The van der Waals surface area contributed by atoms with Crippen LogP contribution in [0.1, 0.15) is 23.8 Å². The molecular weight excluding hydrogens is 338 g/mol. The summed E-state index contributed by atoms with van der Waals surface area (Å²) >= 11 is 7.28. The summed E-state index contributed by atoms with van der Waals surface area (Å²) in [5, 5.41) is 9.40. The molecule has 128 valence electrons. The lowest BCUT2D eigenvalue weighted by atomic mass is 10.2. The molecule has 0 saturated carbocycles. The van der Waals surface area contributed by atoms with Gasteiger partial charge in [0.05, 0.1) is 13.2 Å². The molecule has 0 spiro atoms. The van der Waals surface area contributed by atoms with Gasteiger partial charge >= 0.3 is 0 Å². The van der Waals surface area contributed by atoms with Crippen molar-refractivity contribution in [2.45, 2.75) is 18.9 Å². The first-order valence-corrected chi connectivity index (χ1v) is 9.51. The van der Waals surface area contributed by atoms with Gasteiger partial charge in [-0.2, -0.15) is 0 Å². The Kier molecular flexibility index (Phi) is 6.07. The lowest BCUT2D eigenvalue weighted by molar-refractivity contribution is 0.249. The minimum Gasteiger partial charge on any atom is -0.497 e. The predicted octanol–water partition coefficient (Wildman–Crippen LogP) is 3.88. The number of thiocarbonyl (C=S) groups is 1. The van der Waals surface area contributed by atoms with Gasteiger partial charge in [-0.05, 0) is 61.7 Å². The Morgan fingerprint density at radius 3 is 2.83 bits per heavy atom. The summed E-state index contributed by atoms with van der Waals surface area (Å²) in [6.45, 7) is 3.15. The van der Waals surface area contributed by atoms with Gasteiger partial charge in [-0.15, -0.1) is 11.3 Å². The number of hydrogen-bond donors (Lipinski definition) is 2. The standard InChI is InChI=1S/C18H23N3OS2/c1-22-15-7-4-6-14(12-15)20-18(23)19-13-16(17-8-5-11-24-17)21-9-2-3-10-21/h4-8,11-12,16H,2-3,9-10,13H2,1H3,(H2,19,20,23)/t16-/m0/s1. The highest BCUT2D eigenvalue weighted by atomic mass is 32.1.